The van der Waals surface area contributed by atoms with E-state index in [1.54, 1.807) is 6.07 Å². The van der Waals surface area contributed by atoms with Crippen molar-refractivity contribution in [1.29, 1.82) is 0 Å². The van der Waals surface area contributed by atoms with Crippen molar-refractivity contribution in [2.24, 2.45) is 0 Å². The van der Waals surface area contributed by atoms with Gasteiger partial charge in [0.05, 0.1) is 6.10 Å². The number of anilines is 1. The van der Waals surface area contributed by atoms with Crippen molar-refractivity contribution in [1.82, 2.24) is 0 Å². The Bertz CT molecular complexity index is 601. The van der Waals surface area contributed by atoms with Crippen molar-refractivity contribution in [3.05, 3.63) is 52.5 Å². The normalized spacial score (nSPS) is 12.0. The molecule has 0 saturated carbocycles. The molecule has 21 heavy (non-hydrogen) atoms. The van der Waals surface area contributed by atoms with Gasteiger partial charge in [0, 0.05) is 28.3 Å². The number of ether oxygens (including phenoxy) is 1. The topological polar surface area (TPSA) is 41.5 Å². The quantitative estimate of drug-likeness (QED) is 0.775. The smallest absolute Gasteiger partial charge is 0.121 e. The lowest BCUT2D eigenvalue weighted by molar-refractivity contribution is 0.217. The Kier molecular flexibility index (Phi) is 5.51. The van der Waals surface area contributed by atoms with E-state index < -0.39 is 0 Å². The molecule has 2 aromatic carbocycles. The van der Waals surface area contributed by atoms with Gasteiger partial charge in [-0.1, -0.05) is 28.9 Å². The van der Waals surface area contributed by atoms with Gasteiger partial charge in [-0.15, -0.1) is 0 Å². The molecule has 0 bridgehead atoms. The van der Waals surface area contributed by atoms with Gasteiger partial charge in [0.2, 0.25) is 0 Å². The van der Waals surface area contributed by atoms with Gasteiger partial charge in [-0.3, -0.25) is 0 Å². The van der Waals surface area contributed by atoms with Crippen molar-refractivity contribution in [3.63, 3.8) is 0 Å². The van der Waals surface area contributed by atoms with E-state index in [-0.39, 0.29) is 11.9 Å². The molecule has 1 unspecified atom stereocenters. The van der Waals surface area contributed by atoms with Crippen LogP contribution >= 0.6 is 15.9 Å². The van der Waals surface area contributed by atoms with Crippen LogP contribution in [0.2, 0.25) is 0 Å². The van der Waals surface area contributed by atoms with Crippen molar-refractivity contribution in [2.45, 2.75) is 32.9 Å². The number of rotatable bonds is 6. The second-order valence-corrected chi connectivity index (χ2v) is 5.91. The lowest BCUT2D eigenvalue weighted by atomic mass is 10.2. The Morgan fingerprint density at radius 3 is 2.81 bits per heavy atom. The zero-order valence-corrected chi connectivity index (χ0v) is 13.9. The van der Waals surface area contributed by atoms with Gasteiger partial charge in [-0.25, -0.2) is 0 Å². The number of hydrogen-bond donors (Lipinski definition) is 2. The molecule has 0 radical (unpaired) electrons. The summed E-state index contributed by atoms with van der Waals surface area (Å²) in [7, 11) is 0. The summed E-state index contributed by atoms with van der Waals surface area (Å²) in [5.41, 5.74) is 1.81. The van der Waals surface area contributed by atoms with Gasteiger partial charge < -0.3 is 15.2 Å². The fourth-order valence-electron chi connectivity index (χ4n) is 1.89. The van der Waals surface area contributed by atoms with Crippen LogP contribution in [-0.4, -0.2) is 11.2 Å². The Balaban J connectivity index is 2.03. The highest BCUT2D eigenvalue weighted by molar-refractivity contribution is 9.10. The Morgan fingerprint density at radius 2 is 2.05 bits per heavy atom. The maximum absolute atomic E-state index is 9.83. The number of aromatic hydroxyl groups is 1. The van der Waals surface area contributed by atoms with Gasteiger partial charge in [0.25, 0.3) is 0 Å². The second-order valence-electron chi connectivity index (χ2n) is 4.99. The SMILES string of the molecule is CCC(C)Oc1cccc(NCc2cc(Br)ccc2O)c1. The second kappa shape index (κ2) is 7.36. The highest BCUT2D eigenvalue weighted by Crippen LogP contribution is 2.24. The van der Waals surface area contributed by atoms with Gasteiger partial charge >= 0.3 is 0 Å². The molecule has 2 N–H and O–H groups in total. The van der Waals surface area contributed by atoms with Crippen LogP contribution in [0, 0.1) is 0 Å². The van der Waals surface area contributed by atoms with Crippen LogP contribution in [0.5, 0.6) is 11.5 Å². The summed E-state index contributed by atoms with van der Waals surface area (Å²) < 4.78 is 6.75. The minimum atomic E-state index is 0.203. The molecule has 0 aliphatic rings. The van der Waals surface area contributed by atoms with E-state index >= 15 is 0 Å². The summed E-state index contributed by atoms with van der Waals surface area (Å²) in [4.78, 5) is 0. The monoisotopic (exact) mass is 349 g/mol. The third-order valence-corrected chi connectivity index (χ3v) is 3.76. The number of benzene rings is 2. The Labute approximate surface area is 134 Å². The van der Waals surface area contributed by atoms with Gasteiger partial charge in [0.15, 0.2) is 0 Å². The predicted octanol–water partition coefficient (Wildman–Crippen LogP) is 4.94. The third kappa shape index (κ3) is 4.67. The van der Waals surface area contributed by atoms with Crippen LogP contribution < -0.4 is 10.1 Å². The van der Waals surface area contributed by atoms with E-state index in [0.717, 1.165) is 27.9 Å². The van der Waals surface area contributed by atoms with Crippen molar-refractivity contribution in [3.8, 4) is 11.5 Å². The van der Waals surface area contributed by atoms with Crippen LogP contribution in [0.25, 0.3) is 0 Å². The zero-order chi connectivity index (χ0) is 15.2. The minimum absolute atomic E-state index is 0.203. The molecule has 4 heteroatoms. The van der Waals surface area contributed by atoms with Gasteiger partial charge in [-0.05, 0) is 43.7 Å². The van der Waals surface area contributed by atoms with Crippen molar-refractivity contribution in [2.75, 3.05) is 5.32 Å². The Morgan fingerprint density at radius 1 is 1.24 bits per heavy atom. The van der Waals surface area contributed by atoms with E-state index in [1.807, 2.05) is 36.4 Å². The number of phenols is 1. The molecule has 0 saturated heterocycles. The molecule has 112 valence electrons. The van der Waals surface area contributed by atoms with Crippen LogP contribution in [0.4, 0.5) is 5.69 Å². The molecule has 0 fully saturated rings. The summed E-state index contributed by atoms with van der Waals surface area (Å²) in [6.45, 7) is 4.71. The first-order chi connectivity index (χ1) is 10.1. The predicted molar refractivity (Wildman–Crippen MR) is 90.0 cm³/mol. The summed E-state index contributed by atoms with van der Waals surface area (Å²) >= 11 is 3.41. The van der Waals surface area contributed by atoms with E-state index in [2.05, 4.69) is 35.1 Å². The largest absolute Gasteiger partial charge is 0.508 e. The summed E-state index contributed by atoms with van der Waals surface area (Å²) in [5.74, 6) is 1.14. The molecule has 0 aliphatic carbocycles. The summed E-state index contributed by atoms with van der Waals surface area (Å²) in [5, 5.41) is 13.1. The van der Waals surface area contributed by atoms with E-state index in [0.29, 0.717) is 6.54 Å². The van der Waals surface area contributed by atoms with Crippen LogP contribution in [0.15, 0.2) is 46.9 Å². The van der Waals surface area contributed by atoms with Crippen LogP contribution in [-0.2, 0) is 6.54 Å². The molecule has 1 atom stereocenters. The average molecular weight is 350 g/mol. The highest BCUT2D eigenvalue weighted by Gasteiger charge is 2.04. The maximum atomic E-state index is 9.83. The van der Waals surface area contributed by atoms with Crippen LogP contribution in [0.3, 0.4) is 0 Å². The van der Waals surface area contributed by atoms with E-state index in [4.69, 9.17) is 4.74 Å². The molecule has 2 rings (SSSR count). The first-order valence-corrected chi connectivity index (χ1v) is 7.85. The third-order valence-electron chi connectivity index (χ3n) is 3.27. The first kappa shape index (κ1) is 15.7. The maximum Gasteiger partial charge on any atom is 0.121 e. The lowest BCUT2D eigenvalue weighted by Crippen LogP contribution is -2.09. The molecule has 0 aliphatic heterocycles. The molecule has 0 spiro atoms. The molecule has 3 nitrogen and oxygen atoms in total. The minimum Gasteiger partial charge on any atom is -0.508 e. The van der Waals surface area contributed by atoms with Gasteiger partial charge in [-0.2, -0.15) is 0 Å². The number of halogens is 1. The van der Waals surface area contributed by atoms with Crippen molar-refractivity contribution < 1.29 is 9.84 Å². The van der Waals surface area contributed by atoms with Crippen molar-refractivity contribution >= 4 is 21.6 Å². The highest BCUT2D eigenvalue weighted by atomic mass is 79.9. The number of hydrogen-bond acceptors (Lipinski definition) is 3. The van der Waals surface area contributed by atoms with Gasteiger partial charge in [0.1, 0.15) is 11.5 Å². The number of nitrogens with one attached hydrogen (secondary N) is 1. The molecule has 0 aromatic heterocycles. The Hall–Kier alpha value is -1.68. The molecule has 2 aromatic rings. The standard InChI is InChI=1S/C17H20BrNO2/c1-3-12(2)21-16-6-4-5-15(10-16)19-11-13-9-14(18)7-8-17(13)20/h4-10,12,19-20H,3,11H2,1-2H3. The fraction of sp³-hybridized carbons (Fsp3) is 0.294. The summed E-state index contributed by atoms with van der Waals surface area (Å²) in [6.07, 6.45) is 1.18. The fourth-order valence-corrected chi connectivity index (χ4v) is 2.30. The van der Waals surface area contributed by atoms with Crippen LogP contribution in [0.1, 0.15) is 25.8 Å². The zero-order valence-electron chi connectivity index (χ0n) is 12.3. The molecular weight excluding hydrogens is 330 g/mol. The van der Waals surface area contributed by atoms with E-state index in [1.165, 1.54) is 0 Å². The lowest BCUT2D eigenvalue weighted by Gasteiger charge is -2.14. The summed E-state index contributed by atoms with van der Waals surface area (Å²) in [6, 6.07) is 13.3. The molecule has 0 heterocycles. The molecule has 0 amide bonds. The molecular formula is C17H20BrNO2. The average Bonchev–Trinajstić information content (AvgIpc) is 2.48. The van der Waals surface area contributed by atoms with E-state index in [9.17, 15) is 5.11 Å². The first-order valence-electron chi connectivity index (χ1n) is 7.06. The number of phenolic OH excluding ortho intramolecular Hbond substituents is 1.